The maximum atomic E-state index is 13.2. The summed E-state index contributed by atoms with van der Waals surface area (Å²) in [5.74, 6) is -3.14. The van der Waals surface area contributed by atoms with Crippen LogP contribution in [0.4, 0.5) is 13.6 Å². The van der Waals surface area contributed by atoms with E-state index in [1.54, 1.807) is 20.8 Å². The fraction of sp³-hybridized carbons (Fsp3) is 0.909. The van der Waals surface area contributed by atoms with Gasteiger partial charge in [0.15, 0.2) is 0 Å². The van der Waals surface area contributed by atoms with Crippen molar-refractivity contribution in [2.75, 3.05) is 0 Å². The molecule has 1 fully saturated rings. The maximum absolute atomic E-state index is 13.2. The summed E-state index contributed by atoms with van der Waals surface area (Å²) in [6.45, 7) is 5.04. The number of nitrogens with one attached hydrogen (secondary N) is 1. The summed E-state index contributed by atoms with van der Waals surface area (Å²) < 4.78 is 31.3. The summed E-state index contributed by atoms with van der Waals surface area (Å²) in [5.41, 5.74) is -0.688. The van der Waals surface area contributed by atoms with E-state index in [0.29, 0.717) is 6.42 Å². The van der Waals surface area contributed by atoms with Gasteiger partial charge in [-0.25, -0.2) is 13.6 Å². The van der Waals surface area contributed by atoms with Crippen LogP contribution < -0.4 is 5.32 Å². The Balaban J connectivity index is 2.54. The Morgan fingerprint density at radius 3 is 2.59 bits per heavy atom. The van der Waals surface area contributed by atoms with Gasteiger partial charge < -0.3 is 15.2 Å². The molecule has 0 aromatic heterocycles. The van der Waals surface area contributed by atoms with Crippen molar-refractivity contribution in [2.24, 2.45) is 0 Å². The molecule has 1 saturated carbocycles. The molecular weight excluding hydrogens is 232 g/mol. The molecule has 0 bridgehead atoms. The van der Waals surface area contributed by atoms with Gasteiger partial charge in [-0.1, -0.05) is 0 Å². The lowest BCUT2D eigenvalue weighted by molar-refractivity contribution is -0.142. The topological polar surface area (TPSA) is 58.6 Å². The van der Waals surface area contributed by atoms with Gasteiger partial charge >= 0.3 is 6.09 Å². The average Bonchev–Trinajstić information content (AvgIpc) is 2.09. The average molecular weight is 251 g/mol. The summed E-state index contributed by atoms with van der Waals surface area (Å²) in [6.07, 6.45) is -2.37. The molecule has 6 heteroatoms. The second kappa shape index (κ2) is 4.76. The number of aliphatic hydroxyl groups excluding tert-OH is 1. The zero-order valence-electron chi connectivity index (χ0n) is 10.3. The number of alkyl carbamates (subject to hydrolysis) is 1. The van der Waals surface area contributed by atoms with Crippen LogP contribution in [0, 0.1) is 0 Å². The number of alkyl halides is 2. The van der Waals surface area contributed by atoms with Crippen LogP contribution in [0.3, 0.4) is 0 Å². The Hall–Kier alpha value is -0.910. The predicted molar refractivity (Wildman–Crippen MR) is 58.0 cm³/mol. The fourth-order valence-corrected chi connectivity index (χ4v) is 1.77. The molecule has 0 saturated heterocycles. The first-order valence-corrected chi connectivity index (χ1v) is 5.67. The lowest BCUT2D eigenvalue weighted by Crippen LogP contribution is -2.54. The van der Waals surface area contributed by atoms with Crippen LogP contribution in [-0.2, 0) is 4.74 Å². The SMILES string of the molecule is CC(C)(C)OC(=O)N[C@@H]1CCCC(F)(F)C1O. The number of aliphatic hydroxyl groups is 1. The number of carbonyl (C=O) groups excluding carboxylic acids is 1. The first-order valence-electron chi connectivity index (χ1n) is 5.67. The van der Waals surface area contributed by atoms with Gasteiger partial charge in [-0.05, 0) is 33.6 Å². The molecule has 0 radical (unpaired) electrons. The molecule has 100 valence electrons. The third kappa shape index (κ3) is 4.11. The molecule has 1 rings (SSSR count). The molecule has 0 spiro atoms. The number of amides is 1. The van der Waals surface area contributed by atoms with Crippen molar-refractivity contribution in [1.82, 2.24) is 5.32 Å². The Kier molecular flexibility index (Phi) is 3.96. The number of carbonyl (C=O) groups is 1. The highest BCUT2D eigenvalue weighted by atomic mass is 19.3. The van der Waals surface area contributed by atoms with E-state index in [1.165, 1.54) is 0 Å². The van der Waals surface area contributed by atoms with Gasteiger partial charge in [-0.2, -0.15) is 0 Å². The molecule has 1 aliphatic carbocycles. The van der Waals surface area contributed by atoms with Crippen LogP contribution in [0.25, 0.3) is 0 Å². The number of halogens is 2. The second-order valence-corrected chi connectivity index (χ2v) is 5.35. The van der Waals surface area contributed by atoms with Crippen molar-refractivity contribution >= 4 is 6.09 Å². The summed E-state index contributed by atoms with van der Waals surface area (Å²) in [7, 11) is 0. The highest BCUT2D eigenvalue weighted by Crippen LogP contribution is 2.33. The minimum Gasteiger partial charge on any atom is -0.444 e. The smallest absolute Gasteiger partial charge is 0.407 e. The van der Waals surface area contributed by atoms with Gasteiger partial charge in [0, 0.05) is 6.42 Å². The van der Waals surface area contributed by atoms with Crippen LogP contribution in [0.5, 0.6) is 0 Å². The number of rotatable bonds is 1. The van der Waals surface area contributed by atoms with Gasteiger partial charge in [0.05, 0.1) is 6.04 Å². The number of ether oxygens (including phenoxy) is 1. The van der Waals surface area contributed by atoms with Crippen molar-refractivity contribution in [1.29, 1.82) is 0 Å². The lowest BCUT2D eigenvalue weighted by Gasteiger charge is -2.35. The summed E-state index contributed by atoms with van der Waals surface area (Å²) in [4.78, 5) is 11.4. The Morgan fingerprint density at radius 2 is 2.06 bits per heavy atom. The van der Waals surface area contributed by atoms with Crippen molar-refractivity contribution < 1.29 is 23.4 Å². The normalized spacial score (nSPS) is 28.6. The van der Waals surface area contributed by atoms with Crippen molar-refractivity contribution in [2.45, 2.75) is 63.7 Å². The van der Waals surface area contributed by atoms with Crippen LogP contribution in [0.1, 0.15) is 40.0 Å². The van der Waals surface area contributed by atoms with E-state index in [0.717, 1.165) is 0 Å². The van der Waals surface area contributed by atoms with E-state index < -0.39 is 29.8 Å². The van der Waals surface area contributed by atoms with Gasteiger partial charge in [-0.15, -0.1) is 0 Å². The quantitative estimate of drug-likeness (QED) is 0.750. The van der Waals surface area contributed by atoms with Gasteiger partial charge in [-0.3, -0.25) is 0 Å². The van der Waals surface area contributed by atoms with Crippen molar-refractivity contribution in [3.8, 4) is 0 Å². The van der Waals surface area contributed by atoms with E-state index in [2.05, 4.69) is 5.32 Å². The molecule has 2 atom stereocenters. The Labute approximate surface area is 99.3 Å². The molecule has 1 aliphatic rings. The maximum Gasteiger partial charge on any atom is 0.407 e. The van der Waals surface area contributed by atoms with Crippen LogP contribution in [0.2, 0.25) is 0 Å². The van der Waals surface area contributed by atoms with Crippen LogP contribution in [-0.4, -0.2) is 34.9 Å². The highest BCUT2D eigenvalue weighted by molar-refractivity contribution is 5.68. The second-order valence-electron chi connectivity index (χ2n) is 5.35. The molecule has 0 aliphatic heterocycles. The number of hydrogen-bond acceptors (Lipinski definition) is 3. The molecule has 1 unspecified atom stereocenters. The van der Waals surface area contributed by atoms with Crippen molar-refractivity contribution in [3.05, 3.63) is 0 Å². The summed E-state index contributed by atoms with van der Waals surface area (Å²) >= 11 is 0. The fourth-order valence-electron chi connectivity index (χ4n) is 1.77. The monoisotopic (exact) mass is 251 g/mol. The molecule has 4 nitrogen and oxygen atoms in total. The third-order valence-corrected chi connectivity index (χ3v) is 2.54. The molecule has 0 aromatic rings. The van der Waals surface area contributed by atoms with Crippen molar-refractivity contribution in [3.63, 3.8) is 0 Å². The molecule has 1 amide bonds. The van der Waals surface area contributed by atoms with E-state index in [1.807, 2.05) is 0 Å². The van der Waals surface area contributed by atoms with E-state index in [9.17, 15) is 18.7 Å². The van der Waals surface area contributed by atoms with E-state index in [-0.39, 0.29) is 12.8 Å². The van der Waals surface area contributed by atoms with Gasteiger partial charge in [0.2, 0.25) is 0 Å². The lowest BCUT2D eigenvalue weighted by atomic mass is 9.89. The van der Waals surface area contributed by atoms with Gasteiger partial charge in [0.25, 0.3) is 5.92 Å². The molecule has 17 heavy (non-hydrogen) atoms. The molecule has 2 N–H and O–H groups in total. The predicted octanol–water partition coefficient (Wildman–Crippen LogP) is 2.06. The van der Waals surface area contributed by atoms with E-state index >= 15 is 0 Å². The molecule has 0 aromatic carbocycles. The van der Waals surface area contributed by atoms with E-state index in [4.69, 9.17) is 4.74 Å². The standard InChI is InChI=1S/C11H19F2NO3/c1-10(2,3)17-9(16)14-7-5-4-6-11(12,13)8(7)15/h7-8,15H,4-6H2,1-3H3,(H,14,16)/t7-,8?/m1/s1. The summed E-state index contributed by atoms with van der Waals surface area (Å²) in [5, 5.41) is 11.7. The largest absolute Gasteiger partial charge is 0.444 e. The zero-order chi connectivity index (χ0) is 13.3. The molecular formula is C11H19F2NO3. The highest BCUT2D eigenvalue weighted by Gasteiger charge is 2.46. The molecule has 0 heterocycles. The first-order chi connectivity index (χ1) is 7.62. The Bertz CT molecular complexity index is 289. The van der Waals surface area contributed by atoms with Crippen LogP contribution in [0.15, 0.2) is 0 Å². The van der Waals surface area contributed by atoms with Gasteiger partial charge in [0.1, 0.15) is 11.7 Å². The first kappa shape index (κ1) is 14.2. The van der Waals surface area contributed by atoms with Crippen LogP contribution >= 0.6 is 0 Å². The minimum absolute atomic E-state index is 0.268. The number of hydrogen-bond donors (Lipinski definition) is 2. The summed E-state index contributed by atoms with van der Waals surface area (Å²) in [6, 6.07) is -0.950. The minimum atomic E-state index is -3.14. The zero-order valence-corrected chi connectivity index (χ0v) is 10.3. The Morgan fingerprint density at radius 1 is 1.47 bits per heavy atom. The third-order valence-electron chi connectivity index (χ3n) is 2.54.